The molecule has 0 amide bonds. The topological polar surface area (TPSA) is 15.3 Å². The highest BCUT2D eigenvalue weighted by Crippen LogP contribution is 2.25. The van der Waals surface area contributed by atoms with Crippen molar-refractivity contribution < 1.29 is 0 Å². The minimum atomic E-state index is 0.691. The summed E-state index contributed by atoms with van der Waals surface area (Å²) in [6.45, 7) is 9.87. The molecule has 2 nitrogen and oxygen atoms in total. The normalized spacial score (nSPS) is 11.1. The van der Waals surface area contributed by atoms with E-state index < -0.39 is 0 Å². The lowest BCUT2D eigenvalue weighted by Gasteiger charge is -2.23. The van der Waals surface area contributed by atoms with Crippen LogP contribution in [0.3, 0.4) is 0 Å². The number of nitrogens with zero attached hydrogens (tertiary/aromatic N) is 1. The zero-order chi connectivity index (χ0) is 15.0. The van der Waals surface area contributed by atoms with E-state index in [1.165, 1.54) is 30.5 Å². The van der Waals surface area contributed by atoms with Crippen molar-refractivity contribution in [3.63, 3.8) is 0 Å². The number of halogens is 1. The summed E-state index contributed by atoms with van der Waals surface area (Å²) in [5.41, 5.74) is 2.72. The average molecular weight is 341 g/mol. The number of unbranched alkanes of at least 4 members (excludes halogenated alkanes) is 2. The van der Waals surface area contributed by atoms with Crippen LogP contribution in [-0.2, 0) is 6.54 Å². The van der Waals surface area contributed by atoms with E-state index in [1.807, 2.05) is 0 Å². The third-order valence-electron chi connectivity index (χ3n) is 3.42. The number of benzene rings is 1. The van der Waals surface area contributed by atoms with Crippen molar-refractivity contribution in [2.45, 2.75) is 46.6 Å². The summed E-state index contributed by atoms with van der Waals surface area (Å²) in [7, 11) is 2.20. The molecule has 0 saturated heterocycles. The van der Waals surface area contributed by atoms with Gasteiger partial charge in [-0.2, -0.15) is 0 Å². The van der Waals surface area contributed by atoms with Gasteiger partial charge in [-0.25, -0.2) is 0 Å². The van der Waals surface area contributed by atoms with Crippen LogP contribution in [0.4, 0.5) is 5.69 Å². The highest BCUT2D eigenvalue weighted by molar-refractivity contribution is 9.10. The first-order chi connectivity index (χ1) is 9.54. The van der Waals surface area contributed by atoms with Crippen LogP contribution in [-0.4, -0.2) is 20.1 Å². The average Bonchev–Trinajstić information content (AvgIpc) is 2.40. The first-order valence-corrected chi connectivity index (χ1v) is 8.54. The number of nitrogens with one attached hydrogen (secondary N) is 1. The van der Waals surface area contributed by atoms with E-state index in [4.69, 9.17) is 0 Å². The lowest BCUT2D eigenvalue weighted by molar-refractivity contribution is 0.552. The van der Waals surface area contributed by atoms with Gasteiger partial charge in [0.2, 0.25) is 0 Å². The van der Waals surface area contributed by atoms with E-state index in [0.717, 1.165) is 24.1 Å². The molecule has 0 saturated carbocycles. The number of rotatable bonds is 9. The van der Waals surface area contributed by atoms with Gasteiger partial charge in [0.15, 0.2) is 0 Å². The first kappa shape index (κ1) is 17.5. The summed E-state index contributed by atoms with van der Waals surface area (Å²) in [5.74, 6) is 0.691. The zero-order valence-electron chi connectivity index (χ0n) is 13.4. The fourth-order valence-corrected chi connectivity index (χ4v) is 2.61. The minimum absolute atomic E-state index is 0.691. The largest absolute Gasteiger partial charge is 0.374 e. The fraction of sp³-hybridized carbons (Fsp3) is 0.647. The standard InChI is InChI=1S/C17H29BrN2/c1-5-6-7-10-20(4)17-11-16(18)9-8-15(17)13-19-12-14(2)3/h8-9,11,14,19H,5-7,10,12-13H2,1-4H3. The maximum absolute atomic E-state index is 3.59. The minimum Gasteiger partial charge on any atom is -0.374 e. The third-order valence-corrected chi connectivity index (χ3v) is 3.92. The monoisotopic (exact) mass is 340 g/mol. The predicted octanol–water partition coefficient (Wildman–Crippen LogP) is 4.82. The second-order valence-electron chi connectivity index (χ2n) is 5.93. The maximum atomic E-state index is 3.59. The Morgan fingerprint density at radius 3 is 2.65 bits per heavy atom. The molecule has 1 aromatic carbocycles. The summed E-state index contributed by atoms with van der Waals surface area (Å²) in [5, 5.41) is 3.54. The molecule has 0 aliphatic heterocycles. The van der Waals surface area contributed by atoms with Crippen LogP contribution in [0.25, 0.3) is 0 Å². The van der Waals surface area contributed by atoms with Crippen molar-refractivity contribution in [2.75, 3.05) is 25.0 Å². The Bertz CT molecular complexity index is 391. The Labute approximate surface area is 133 Å². The molecule has 0 radical (unpaired) electrons. The van der Waals surface area contributed by atoms with Crippen LogP contribution < -0.4 is 10.2 Å². The lowest BCUT2D eigenvalue weighted by atomic mass is 10.1. The Balaban J connectivity index is 2.68. The summed E-state index contributed by atoms with van der Waals surface area (Å²) in [4.78, 5) is 2.38. The van der Waals surface area contributed by atoms with Crippen molar-refractivity contribution in [3.8, 4) is 0 Å². The van der Waals surface area contributed by atoms with Gasteiger partial charge < -0.3 is 10.2 Å². The van der Waals surface area contributed by atoms with Gasteiger partial charge in [0.25, 0.3) is 0 Å². The van der Waals surface area contributed by atoms with E-state index in [-0.39, 0.29) is 0 Å². The zero-order valence-corrected chi connectivity index (χ0v) is 15.0. The van der Waals surface area contributed by atoms with Crippen LogP contribution >= 0.6 is 15.9 Å². The quantitative estimate of drug-likeness (QED) is 0.648. The van der Waals surface area contributed by atoms with E-state index in [9.17, 15) is 0 Å². The van der Waals surface area contributed by atoms with Gasteiger partial charge >= 0.3 is 0 Å². The Morgan fingerprint density at radius 1 is 1.25 bits per heavy atom. The Morgan fingerprint density at radius 2 is 2.00 bits per heavy atom. The van der Waals surface area contributed by atoms with Crippen molar-refractivity contribution in [1.29, 1.82) is 0 Å². The van der Waals surface area contributed by atoms with Gasteiger partial charge in [-0.05, 0) is 36.6 Å². The highest BCUT2D eigenvalue weighted by atomic mass is 79.9. The molecule has 20 heavy (non-hydrogen) atoms. The molecular weight excluding hydrogens is 312 g/mol. The maximum Gasteiger partial charge on any atom is 0.0420 e. The van der Waals surface area contributed by atoms with Crippen molar-refractivity contribution in [2.24, 2.45) is 5.92 Å². The van der Waals surface area contributed by atoms with Gasteiger partial charge in [-0.1, -0.05) is 55.6 Å². The Hall–Kier alpha value is -0.540. The molecule has 0 unspecified atom stereocenters. The second-order valence-corrected chi connectivity index (χ2v) is 6.84. The highest BCUT2D eigenvalue weighted by Gasteiger charge is 2.08. The van der Waals surface area contributed by atoms with Gasteiger partial charge in [-0.15, -0.1) is 0 Å². The molecule has 114 valence electrons. The molecule has 0 heterocycles. The SMILES string of the molecule is CCCCCN(C)c1cc(Br)ccc1CNCC(C)C. The first-order valence-electron chi connectivity index (χ1n) is 7.74. The van der Waals surface area contributed by atoms with Gasteiger partial charge in [0.1, 0.15) is 0 Å². The van der Waals surface area contributed by atoms with Gasteiger partial charge in [0.05, 0.1) is 0 Å². The number of anilines is 1. The molecule has 3 heteroatoms. The lowest BCUT2D eigenvalue weighted by Crippen LogP contribution is -2.23. The molecular formula is C17H29BrN2. The van der Waals surface area contributed by atoms with E-state index in [0.29, 0.717) is 5.92 Å². The summed E-state index contributed by atoms with van der Waals surface area (Å²) < 4.78 is 1.16. The van der Waals surface area contributed by atoms with Crippen LogP contribution in [0.15, 0.2) is 22.7 Å². The molecule has 0 spiro atoms. The van der Waals surface area contributed by atoms with Gasteiger partial charge in [-0.3, -0.25) is 0 Å². The van der Waals surface area contributed by atoms with Gasteiger partial charge in [0, 0.05) is 30.3 Å². The van der Waals surface area contributed by atoms with Crippen LogP contribution in [0.5, 0.6) is 0 Å². The van der Waals surface area contributed by atoms with Crippen molar-refractivity contribution in [3.05, 3.63) is 28.2 Å². The third kappa shape index (κ3) is 6.27. The van der Waals surface area contributed by atoms with Crippen molar-refractivity contribution in [1.82, 2.24) is 5.32 Å². The molecule has 1 rings (SSSR count). The second kappa shape index (κ2) is 9.41. The molecule has 0 aliphatic rings. The van der Waals surface area contributed by atoms with Crippen LogP contribution in [0.1, 0.15) is 45.6 Å². The van der Waals surface area contributed by atoms with E-state index in [2.05, 4.69) is 72.2 Å². The number of hydrogen-bond acceptors (Lipinski definition) is 2. The fourth-order valence-electron chi connectivity index (χ4n) is 2.26. The molecule has 0 fully saturated rings. The molecule has 1 N–H and O–H groups in total. The predicted molar refractivity (Wildman–Crippen MR) is 93.5 cm³/mol. The molecule has 0 atom stereocenters. The van der Waals surface area contributed by atoms with E-state index in [1.54, 1.807) is 0 Å². The summed E-state index contributed by atoms with van der Waals surface area (Å²) >= 11 is 3.59. The molecule has 0 bridgehead atoms. The van der Waals surface area contributed by atoms with E-state index >= 15 is 0 Å². The van der Waals surface area contributed by atoms with Crippen molar-refractivity contribution >= 4 is 21.6 Å². The summed E-state index contributed by atoms with van der Waals surface area (Å²) in [6.07, 6.45) is 3.84. The Kier molecular flexibility index (Phi) is 8.24. The molecule has 0 aromatic heterocycles. The summed E-state index contributed by atoms with van der Waals surface area (Å²) in [6, 6.07) is 6.59. The number of hydrogen-bond donors (Lipinski definition) is 1. The smallest absolute Gasteiger partial charge is 0.0420 e. The van der Waals surface area contributed by atoms with Crippen LogP contribution in [0, 0.1) is 5.92 Å². The molecule has 1 aromatic rings. The molecule has 0 aliphatic carbocycles. The van der Waals surface area contributed by atoms with Crippen LogP contribution in [0.2, 0.25) is 0 Å².